The third kappa shape index (κ3) is 3.07. The fourth-order valence-electron chi connectivity index (χ4n) is 4.49. The second-order valence-electron chi connectivity index (χ2n) is 8.18. The molecule has 1 fully saturated rings. The van der Waals surface area contributed by atoms with Crippen LogP contribution in [0.15, 0.2) is 42.5 Å². The summed E-state index contributed by atoms with van der Waals surface area (Å²) in [4.78, 5) is 26.9. The van der Waals surface area contributed by atoms with Gasteiger partial charge in [0.15, 0.2) is 0 Å². The first-order valence-electron chi connectivity index (χ1n) is 10.2. The van der Waals surface area contributed by atoms with Crippen LogP contribution in [0, 0.1) is 17.5 Å². The summed E-state index contributed by atoms with van der Waals surface area (Å²) < 4.78 is 43.2. The number of nitrogens with one attached hydrogen (secondary N) is 1. The minimum absolute atomic E-state index is 0.103. The minimum Gasteiger partial charge on any atom is -0.319 e. The number of rotatable bonds is 4. The predicted molar refractivity (Wildman–Crippen MR) is 108 cm³/mol. The van der Waals surface area contributed by atoms with E-state index in [4.69, 9.17) is 0 Å². The number of halogens is 3. The number of aromatic nitrogens is 2. The topological polar surface area (TPSA) is 67.2 Å². The Labute approximate surface area is 181 Å². The van der Waals surface area contributed by atoms with Crippen molar-refractivity contribution in [1.82, 2.24) is 20.0 Å². The van der Waals surface area contributed by atoms with E-state index in [2.05, 4.69) is 10.4 Å². The van der Waals surface area contributed by atoms with Crippen LogP contribution in [0.25, 0.3) is 5.69 Å². The zero-order valence-electron chi connectivity index (χ0n) is 17.2. The molecule has 0 saturated carbocycles. The van der Waals surface area contributed by atoms with Gasteiger partial charge in [0.25, 0.3) is 5.91 Å². The van der Waals surface area contributed by atoms with Crippen LogP contribution in [0.3, 0.4) is 0 Å². The number of benzene rings is 2. The van der Waals surface area contributed by atoms with E-state index >= 15 is 0 Å². The smallest absolute Gasteiger partial charge is 0.319 e. The number of amides is 3. The van der Waals surface area contributed by atoms with E-state index in [1.54, 1.807) is 16.8 Å². The van der Waals surface area contributed by atoms with Crippen molar-refractivity contribution < 1.29 is 22.8 Å². The summed E-state index contributed by atoms with van der Waals surface area (Å²) in [5, 5.41) is 7.10. The molecular weight excluding hydrogens is 421 g/mol. The molecule has 5 rings (SSSR count). The van der Waals surface area contributed by atoms with Crippen molar-refractivity contribution in [2.24, 2.45) is 0 Å². The average molecular weight is 440 g/mol. The van der Waals surface area contributed by atoms with Crippen molar-refractivity contribution in [2.75, 3.05) is 0 Å². The van der Waals surface area contributed by atoms with Crippen LogP contribution in [0.4, 0.5) is 18.0 Å². The summed E-state index contributed by atoms with van der Waals surface area (Å²) in [6.45, 7) is 1.25. The molecule has 1 saturated heterocycles. The summed E-state index contributed by atoms with van der Waals surface area (Å²) in [6, 6.07) is 8.00. The molecule has 0 bridgehead atoms. The first-order chi connectivity index (χ1) is 15.3. The van der Waals surface area contributed by atoms with Gasteiger partial charge in [0.2, 0.25) is 0 Å². The second-order valence-corrected chi connectivity index (χ2v) is 8.18. The molecule has 0 spiro atoms. The highest BCUT2D eigenvalue weighted by Gasteiger charge is 2.50. The third-order valence-corrected chi connectivity index (χ3v) is 6.13. The molecule has 1 aromatic heterocycles. The van der Waals surface area contributed by atoms with Crippen LogP contribution >= 0.6 is 0 Å². The van der Waals surface area contributed by atoms with Gasteiger partial charge >= 0.3 is 6.03 Å². The number of hydrogen-bond acceptors (Lipinski definition) is 3. The first kappa shape index (κ1) is 20.3. The van der Waals surface area contributed by atoms with Crippen LogP contribution < -0.4 is 5.32 Å². The molecule has 1 aliphatic heterocycles. The van der Waals surface area contributed by atoms with Crippen LogP contribution in [0.5, 0.6) is 0 Å². The maximum absolute atomic E-state index is 14.4. The summed E-state index contributed by atoms with van der Waals surface area (Å²) >= 11 is 0. The van der Waals surface area contributed by atoms with Crippen molar-refractivity contribution in [3.05, 3.63) is 82.4 Å². The normalized spacial score (nSPS) is 20.1. The molecule has 1 atom stereocenters. The molecule has 0 unspecified atom stereocenters. The standard InChI is InChI=1S/C23H19F3N4O2/c1-23(17-11-14(25)7-10-18(17)26)21(31)29(22(32)27-23)12-19-16-3-2-4-20(16)30(28-19)15-8-5-13(24)6-9-15/h5-11H,2-4,12H2,1H3,(H,27,32)/t23-/m0/s1. The van der Waals surface area contributed by atoms with E-state index in [1.807, 2.05) is 0 Å². The summed E-state index contributed by atoms with van der Waals surface area (Å²) in [5.74, 6) is -2.54. The van der Waals surface area contributed by atoms with Crippen molar-refractivity contribution >= 4 is 11.9 Å². The molecule has 2 aromatic carbocycles. The lowest BCUT2D eigenvalue weighted by atomic mass is 9.91. The van der Waals surface area contributed by atoms with Crippen molar-refractivity contribution in [3.63, 3.8) is 0 Å². The Kier molecular flexibility index (Phi) is 4.58. The van der Waals surface area contributed by atoms with Crippen LogP contribution in [-0.2, 0) is 29.7 Å². The van der Waals surface area contributed by atoms with E-state index < -0.39 is 29.1 Å². The number of carbonyl (C=O) groups is 2. The van der Waals surface area contributed by atoms with Gasteiger partial charge in [-0.05, 0) is 74.2 Å². The first-order valence-corrected chi connectivity index (χ1v) is 10.2. The fourth-order valence-corrected chi connectivity index (χ4v) is 4.49. The number of fused-ring (bicyclic) bond motifs is 1. The van der Waals surface area contributed by atoms with E-state index in [-0.39, 0.29) is 17.9 Å². The predicted octanol–water partition coefficient (Wildman–Crippen LogP) is 3.75. The van der Waals surface area contributed by atoms with E-state index in [0.717, 1.165) is 53.6 Å². The minimum atomic E-state index is -1.73. The Hall–Kier alpha value is -3.62. The Balaban J connectivity index is 1.49. The van der Waals surface area contributed by atoms with Crippen LogP contribution in [0.2, 0.25) is 0 Å². The van der Waals surface area contributed by atoms with Gasteiger partial charge in [-0.1, -0.05) is 0 Å². The highest BCUT2D eigenvalue weighted by Crippen LogP contribution is 2.34. The monoisotopic (exact) mass is 440 g/mol. The largest absolute Gasteiger partial charge is 0.325 e. The van der Waals surface area contributed by atoms with Crippen molar-refractivity contribution in [3.8, 4) is 5.69 Å². The molecule has 0 radical (unpaired) electrons. The highest BCUT2D eigenvalue weighted by atomic mass is 19.1. The maximum Gasteiger partial charge on any atom is 0.325 e. The summed E-state index contributed by atoms with van der Waals surface area (Å²) in [7, 11) is 0. The van der Waals surface area contributed by atoms with E-state index in [0.29, 0.717) is 11.4 Å². The zero-order chi connectivity index (χ0) is 22.6. The van der Waals surface area contributed by atoms with Gasteiger partial charge < -0.3 is 5.32 Å². The number of urea groups is 1. The molecule has 3 aromatic rings. The number of carbonyl (C=O) groups excluding carboxylic acids is 2. The van der Waals surface area contributed by atoms with Gasteiger partial charge in [-0.15, -0.1) is 0 Å². The van der Waals surface area contributed by atoms with E-state index in [9.17, 15) is 22.8 Å². The van der Waals surface area contributed by atoms with Gasteiger partial charge in [-0.2, -0.15) is 5.10 Å². The summed E-state index contributed by atoms with van der Waals surface area (Å²) in [5.41, 5.74) is 1.17. The van der Waals surface area contributed by atoms with E-state index in [1.165, 1.54) is 19.1 Å². The Morgan fingerprint density at radius 2 is 1.75 bits per heavy atom. The summed E-state index contributed by atoms with van der Waals surface area (Å²) in [6.07, 6.45) is 2.41. The molecule has 1 aliphatic carbocycles. The molecule has 2 aliphatic rings. The quantitative estimate of drug-likeness (QED) is 0.629. The highest BCUT2D eigenvalue weighted by molar-refractivity contribution is 6.07. The maximum atomic E-state index is 14.4. The van der Waals surface area contributed by atoms with Gasteiger partial charge in [0.1, 0.15) is 23.0 Å². The van der Waals surface area contributed by atoms with Gasteiger partial charge in [-0.25, -0.2) is 22.6 Å². The molecule has 9 heteroatoms. The third-order valence-electron chi connectivity index (χ3n) is 6.13. The van der Waals surface area contributed by atoms with Crippen molar-refractivity contribution in [2.45, 2.75) is 38.3 Å². The van der Waals surface area contributed by atoms with Gasteiger partial charge in [-0.3, -0.25) is 9.69 Å². The molecular formula is C23H19F3N4O2. The van der Waals surface area contributed by atoms with Crippen molar-refractivity contribution in [1.29, 1.82) is 0 Å². The Bertz CT molecular complexity index is 1250. The number of hydrogen-bond donors (Lipinski definition) is 1. The molecule has 32 heavy (non-hydrogen) atoms. The van der Waals surface area contributed by atoms with Gasteiger partial charge in [0.05, 0.1) is 17.9 Å². The Morgan fingerprint density at radius 3 is 2.50 bits per heavy atom. The molecule has 164 valence electrons. The van der Waals surface area contributed by atoms with Gasteiger partial charge in [0, 0.05) is 11.3 Å². The Morgan fingerprint density at radius 1 is 1.03 bits per heavy atom. The number of imide groups is 1. The molecule has 2 heterocycles. The molecule has 1 N–H and O–H groups in total. The number of nitrogens with zero attached hydrogens (tertiary/aromatic N) is 3. The lowest BCUT2D eigenvalue weighted by molar-refractivity contribution is -0.131. The second kappa shape index (κ2) is 7.22. The lowest BCUT2D eigenvalue weighted by Gasteiger charge is -2.22. The van der Waals surface area contributed by atoms with Crippen LogP contribution in [-0.4, -0.2) is 26.6 Å². The zero-order valence-corrected chi connectivity index (χ0v) is 17.2. The fraction of sp³-hybridized carbons (Fsp3) is 0.261. The molecule has 6 nitrogen and oxygen atoms in total. The average Bonchev–Trinajstić information content (AvgIpc) is 3.42. The SMILES string of the molecule is C[C@@]1(c2cc(F)ccc2F)NC(=O)N(Cc2nn(-c3ccc(F)cc3)c3c2CCC3)C1=O. The molecule has 3 amide bonds. The van der Waals surface area contributed by atoms with Crippen LogP contribution in [0.1, 0.15) is 35.9 Å². The lowest BCUT2D eigenvalue weighted by Crippen LogP contribution is -2.41.